The molecule has 0 spiro atoms. The van der Waals surface area contributed by atoms with E-state index in [-0.39, 0.29) is 0 Å². The van der Waals surface area contributed by atoms with E-state index in [1.54, 1.807) is 14.2 Å². The molecule has 6 heteroatoms. The van der Waals surface area contributed by atoms with Gasteiger partial charge in [0.2, 0.25) is 0 Å². The zero-order valence-corrected chi connectivity index (χ0v) is 17.9. The first kappa shape index (κ1) is 22.7. The fraction of sp³-hybridized carbons (Fsp3) is 0.435. The van der Waals surface area contributed by atoms with Crippen molar-refractivity contribution >= 4 is 5.96 Å². The summed E-state index contributed by atoms with van der Waals surface area (Å²) in [6.07, 6.45) is 1.05. The minimum absolute atomic E-state index is 0.578. The molecule has 2 N–H and O–H groups in total. The fourth-order valence-electron chi connectivity index (χ4n) is 2.81. The summed E-state index contributed by atoms with van der Waals surface area (Å²) in [4.78, 5) is 6.57. The van der Waals surface area contributed by atoms with Gasteiger partial charge in [-0.1, -0.05) is 42.5 Å². The van der Waals surface area contributed by atoms with E-state index < -0.39 is 0 Å². The van der Waals surface area contributed by atoms with Crippen LogP contribution in [0.4, 0.5) is 0 Å². The Hall–Kier alpha value is -2.57. The standard InChI is InChI=1S/C23H34N4O2/c1-24-23(25-14-16-27(2)15-7-17-28-3)26-18-20-10-12-22(13-11-20)29-19-21-8-5-4-6-9-21/h4-6,8-13H,7,14-19H2,1-3H3,(H2,24,25,26). The molecule has 2 aromatic rings. The molecule has 29 heavy (non-hydrogen) atoms. The van der Waals surface area contributed by atoms with Gasteiger partial charge in [-0.2, -0.15) is 0 Å². The van der Waals surface area contributed by atoms with Crippen LogP contribution in [-0.2, 0) is 17.9 Å². The molecule has 0 heterocycles. The molecule has 0 aliphatic rings. The summed E-state index contributed by atoms with van der Waals surface area (Å²) in [6, 6.07) is 18.3. The number of nitrogens with one attached hydrogen (secondary N) is 2. The van der Waals surface area contributed by atoms with Gasteiger partial charge in [-0.15, -0.1) is 0 Å². The van der Waals surface area contributed by atoms with Crippen LogP contribution in [0.3, 0.4) is 0 Å². The van der Waals surface area contributed by atoms with Crippen LogP contribution in [0.25, 0.3) is 0 Å². The van der Waals surface area contributed by atoms with Crippen LogP contribution < -0.4 is 15.4 Å². The highest BCUT2D eigenvalue weighted by atomic mass is 16.5. The average molecular weight is 399 g/mol. The van der Waals surface area contributed by atoms with Gasteiger partial charge in [0.1, 0.15) is 12.4 Å². The maximum absolute atomic E-state index is 5.84. The van der Waals surface area contributed by atoms with Crippen LogP contribution in [0.15, 0.2) is 59.6 Å². The van der Waals surface area contributed by atoms with Gasteiger partial charge >= 0.3 is 0 Å². The largest absolute Gasteiger partial charge is 0.489 e. The molecule has 0 saturated heterocycles. The Bertz CT molecular complexity index is 705. The molecule has 2 aromatic carbocycles. The van der Waals surface area contributed by atoms with Gasteiger partial charge in [0.15, 0.2) is 5.96 Å². The van der Waals surface area contributed by atoms with Crippen LogP contribution in [0.2, 0.25) is 0 Å². The Morgan fingerprint density at radius 2 is 1.72 bits per heavy atom. The van der Waals surface area contributed by atoms with E-state index in [1.165, 1.54) is 5.56 Å². The van der Waals surface area contributed by atoms with Gasteiger partial charge in [0.25, 0.3) is 0 Å². The molecule has 6 nitrogen and oxygen atoms in total. The van der Waals surface area contributed by atoms with Crippen molar-refractivity contribution in [3.8, 4) is 5.75 Å². The Balaban J connectivity index is 1.67. The molecule has 0 saturated carbocycles. The van der Waals surface area contributed by atoms with Crippen LogP contribution in [0, 0.1) is 0 Å². The number of benzene rings is 2. The summed E-state index contributed by atoms with van der Waals surface area (Å²) in [6.45, 7) is 4.92. The number of methoxy groups -OCH3 is 1. The predicted octanol–water partition coefficient (Wildman–Crippen LogP) is 2.90. The zero-order valence-electron chi connectivity index (χ0n) is 17.9. The highest BCUT2D eigenvalue weighted by Crippen LogP contribution is 2.14. The average Bonchev–Trinajstić information content (AvgIpc) is 2.76. The summed E-state index contributed by atoms with van der Waals surface area (Å²) in [5.41, 5.74) is 2.34. The highest BCUT2D eigenvalue weighted by Gasteiger charge is 2.02. The normalized spacial score (nSPS) is 11.5. The number of guanidine groups is 1. The fourth-order valence-corrected chi connectivity index (χ4v) is 2.81. The van der Waals surface area contributed by atoms with Crippen LogP contribution >= 0.6 is 0 Å². The predicted molar refractivity (Wildman–Crippen MR) is 119 cm³/mol. The molecule has 0 aliphatic heterocycles. The number of rotatable bonds is 12. The van der Waals surface area contributed by atoms with Crippen molar-refractivity contribution in [2.45, 2.75) is 19.6 Å². The van der Waals surface area contributed by atoms with E-state index in [2.05, 4.69) is 51.8 Å². The van der Waals surface area contributed by atoms with Crippen molar-refractivity contribution in [2.24, 2.45) is 4.99 Å². The Kier molecular flexibility index (Phi) is 10.6. The minimum atomic E-state index is 0.578. The topological polar surface area (TPSA) is 58.1 Å². The van der Waals surface area contributed by atoms with Crippen molar-refractivity contribution in [3.05, 3.63) is 65.7 Å². The van der Waals surface area contributed by atoms with Crippen molar-refractivity contribution in [1.29, 1.82) is 0 Å². The summed E-state index contributed by atoms with van der Waals surface area (Å²) >= 11 is 0. The van der Waals surface area contributed by atoms with Crippen molar-refractivity contribution < 1.29 is 9.47 Å². The molecule has 0 radical (unpaired) electrons. The van der Waals surface area contributed by atoms with Gasteiger partial charge in [0.05, 0.1) is 0 Å². The summed E-state index contributed by atoms with van der Waals surface area (Å²) in [5.74, 6) is 1.68. The maximum Gasteiger partial charge on any atom is 0.191 e. The first-order valence-electron chi connectivity index (χ1n) is 10.1. The molecule has 158 valence electrons. The third-order valence-corrected chi connectivity index (χ3v) is 4.53. The van der Waals surface area contributed by atoms with E-state index in [1.807, 2.05) is 30.3 Å². The molecule has 0 unspecified atom stereocenters. The first-order chi connectivity index (χ1) is 14.2. The van der Waals surface area contributed by atoms with Crippen molar-refractivity contribution in [2.75, 3.05) is 47.4 Å². The third-order valence-electron chi connectivity index (χ3n) is 4.53. The van der Waals surface area contributed by atoms with Crippen molar-refractivity contribution in [1.82, 2.24) is 15.5 Å². The second kappa shape index (κ2) is 13.6. The van der Waals surface area contributed by atoms with Gasteiger partial charge in [-0.3, -0.25) is 4.99 Å². The second-order valence-electron chi connectivity index (χ2n) is 6.92. The van der Waals surface area contributed by atoms with Gasteiger partial charge in [-0.25, -0.2) is 0 Å². The highest BCUT2D eigenvalue weighted by molar-refractivity contribution is 5.79. The Morgan fingerprint density at radius 3 is 2.41 bits per heavy atom. The molecule has 0 fully saturated rings. The van der Waals surface area contributed by atoms with Crippen molar-refractivity contribution in [3.63, 3.8) is 0 Å². The van der Waals surface area contributed by atoms with Gasteiger partial charge < -0.3 is 25.0 Å². The molecular formula is C23H34N4O2. The van der Waals surface area contributed by atoms with E-state index >= 15 is 0 Å². The number of ether oxygens (including phenoxy) is 2. The van der Waals surface area contributed by atoms with E-state index in [9.17, 15) is 0 Å². The summed E-state index contributed by atoms with van der Waals surface area (Å²) in [5, 5.41) is 6.70. The number of likely N-dealkylation sites (N-methyl/N-ethyl adjacent to an activating group) is 1. The van der Waals surface area contributed by atoms with E-state index in [0.29, 0.717) is 13.2 Å². The minimum Gasteiger partial charge on any atom is -0.489 e. The van der Waals surface area contributed by atoms with Crippen LogP contribution in [0.1, 0.15) is 17.5 Å². The Morgan fingerprint density at radius 1 is 0.966 bits per heavy atom. The monoisotopic (exact) mass is 398 g/mol. The quantitative estimate of drug-likeness (QED) is 0.327. The number of nitrogens with zero attached hydrogens (tertiary/aromatic N) is 2. The lowest BCUT2D eigenvalue weighted by Gasteiger charge is -2.18. The smallest absolute Gasteiger partial charge is 0.191 e. The third kappa shape index (κ3) is 9.45. The molecule has 0 aromatic heterocycles. The van der Waals surface area contributed by atoms with Gasteiger partial charge in [-0.05, 0) is 36.7 Å². The molecule has 0 amide bonds. The number of aliphatic imine (C=N–C) groups is 1. The molecule has 0 bridgehead atoms. The SMILES string of the molecule is CN=C(NCCN(C)CCCOC)NCc1ccc(OCc2ccccc2)cc1. The molecular weight excluding hydrogens is 364 g/mol. The molecule has 0 atom stereocenters. The van der Waals surface area contributed by atoms with E-state index in [0.717, 1.165) is 49.9 Å². The van der Waals surface area contributed by atoms with Crippen LogP contribution in [-0.4, -0.2) is 58.3 Å². The number of hydrogen-bond acceptors (Lipinski definition) is 4. The molecule has 0 aliphatic carbocycles. The lowest BCUT2D eigenvalue weighted by Crippen LogP contribution is -2.40. The molecule has 2 rings (SSSR count). The first-order valence-corrected chi connectivity index (χ1v) is 10.1. The second-order valence-corrected chi connectivity index (χ2v) is 6.92. The summed E-state index contributed by atoms with van der Waals surface area (Å²) < 4.78 is 10.9. The zero-order chi connectivity index (χ0) is 20.7. The lowest BCUT2D eigenvalue weighted by atomic mass is 10.2. The van der Waals surface area contributed by atoms with Crippen LogP contribution in [0.5, 0.6) is 5.75 Å². The van der Waals surface area contributed by atoms with Gasteiger partial charge in [0, 0.05) is 46.9 Å². The Labute approximate surface area is 174 Å². The number of hydrogen-bond donors (Lipinski definition) is 2. The maximum atomic E-state index is 5.84. The lowest BCUT2D eigenvalue weighted by molar-refractivity contribution is 0.180. The summed E-state index contributed by atoms with van der Waals surface area (Å²) in [7, 11) is 5.65. The van der Waals surface area contributed by atoms with E-state index in [4.69, 9.17) is 9.47 Å².